The highest BCUT2D eigenvalue weighted by molar-refractivity contribution is 7.99. The highest BCUT2D eigenvalue weighted by Crippen LogP contribution is 2.48. The van der Waals surface area contributed by atoms with Gasteiger partial charge in [-0.05, 0) is 35.1 Å². The highest BCUT2D eigenvalue weighted by Gasteiger charge is 2.30. The van der Waals surface area contributed by atoms with Crippen LogP contribution in [0.2, 0.25) is 0 Å². The first kappa shape index (κ1) is 39.7. The number of nitrogen functional groups attached to an aromatic ring is 1. The molecule has 2 N–H and O–H groups in total. The van der Waals surface area contributed by atoms with Crippen LogP contribution in [-0.4, -0.2) is 78.7 Å². The molecule has 272 valence electrons. The van der Waals surface area contributed by atoms with Crippen molar-refractivity contribution in [1.82, 2.24) is 19.5 Å². The number of carbonyl (C=O) groups is 2. The third-order valence-electron chi connectivity index (χ3n) is 5.48. The van der Waals surface area contributed by atoms with E-state index < -0.39 is 39.8 Å². The molecule has 0 fully saturated rings. The largest absolute Gasteiger partial charge is 0.510 e. The number of carbonyl (C=O) groups excluding carboxylic acids is 2. The van der Waals surface area contributed by atoms with Gasteiger partial charge < -0.3 is 38.7 Å². The first-order valence-electron chi connectivity index (χ1n) is 14.7. The zero-order valence-electron chi connectivity index (χ0n) is 28.4. The van der Waals surface area contributed by atoms with Crippen LogP contribution in [0, 0.1) is 10.8 Å². The quantitative estimate of drug-likeness (QED) is 0.0304. The Morgan fingerprint density at radius 2 is 1.45 bits per heavy atom. The van der Waals surface area contributed by atoms with Gasteiger partial charge in [0.1, 0.15) is 16.3 Å². The van der Waals surface area contributed by atoms with Gasteiger partial charge in [-0.25, -0.2) is 19.6 Å². The minimum atomic E-state index is -4.35. The first-order chi connectivity index (χ1) is 23.1. The molecule has 3 aromatic rings. The summed E-state index contributed by atoms with van der Waals surface area (Å²) < 4.78 is 54.7. The number of hydrogen-bond donors (Lipinski definition) is 1. The van der Waals surface area contributed by atoms with Crippen LogP contribution in [0.1, 0.15) is 41.5 Å². The molecular weight excluding hydrogens is 689 g/mol. The minimum Gasteiger partial charge on any atom is -0.497 e. The second kappa shape index (κ2) is 18.3. The Morgan fingerprint density at radius 3 is 1.98 bits per heavy atom. The lowest BCUT2D eigenvalue weighted by Gasteiger charge is -2.18. The zero-order chi connectivity index (χ0) is 36.1. The molecule has 49 heavy (non-hydrogen) atoms. The number of methoxy groups -OCH3 is 1. The summed E-state index contributed by atoms with van der Waals surface area (Å²) in [6, 6.07) is 7.41. The molecule has 20 heteroatoms. The maximum absolute atomic E-state index is 13.3. The molecule has 0 aliphatic heterocycles. The third-order valence-corrected chi connectivity index (χ3v) is 7.63. The van der Waals surface area contributed by atoms with E-state index >= 15 is 0 Å². The summed E-state index contributed by atoms with van der Waals surface area (Å²) in [5, 5.41) is 0.543. The molecule has 1 aromatic carbocycles. The van der Waals surface area contributed by atoms with E-state index in [2.05, 4.69) is 15.0 Å². The number of ether oxygens (including phenoxy) is 6. The maximum Gasteiger partial charge on any atom is 0.510 e. The summed E-state index contributed by atoms with van der Waals surface area (Å²) in [6.45, 7) is 9.88. The zero-order valence-corrected chi connectivity index (χ0v) is 30.1. The summed E-state index contributed by atoms with van der Waals surface area (Å²) in [6.07, 6.45) is -1.23. The van der Waals surface area contributed by atoms with Crippen LogP contribution >= 0.6 is 19.4 Å². The van der Waals surface area contributed by atoms with Crippen molar-refractivity contribution in [3.05, 3.63) is 30.6 Å². The van der Waals surface area contributed by atoms with Gasteiger partial charge in [-0.1, -0.05) is 53.3 Å². The fourth-order valence-electron chi connectivity index (χ4n) is 3.30. The molecule has 2 heterocycles. The Kier molecular flexibility index (Phi) is 14.9. The predicted octanol–water partition coefficient (Wildman–Crippen LogP) is 5.95. The number of nitrogens with zero attached hydrogens (tertiary/aromatic N) is 4. The predicted molar refractivity (Wildman–Crippen MR) is 173 cm³/mol. The molecule has 0 radical (unpaired) electrons. The van der Waals surface area contributed by atoms with Gasteiger partial charge in [0.05, 0.1) is 33.3 Å². The Balaban J connectivity index is 1.56. The molecule has 3 rings (SSSR count). The van der Waals surface area contributed by atoms with Crippen molar-refractivity contribution in [2.45, 2.75) is 58.0 Å². The van der Waals surface area contributed by atoms with Crippen molar-refractivity contribution in [2.75, 3.05) is 52.6 Å². The van der Waals surface area contributed by atoms with E-state index in [0.717, 1.165) is 4.90 Å². The van der Waals surface area contributed by atoms with Gasteiger partial charge >= 0.3 is 19.9 Å². The van der Waals surface area contributed by atoms with Gasteiger partial charge in [-0.15, -0.1) is 9.35 Å². The van der Waals surface area contributed by atoms with Gasteiger partial charge in [0, 0.05) is 11.4 Å². The Morgan fingerprint density at radius 1 is 0.878 bits per heavy atom. The molecule has 0 amide bonds. The van der Waals surface area contributed by atoms with Crippen LogP contribution < -0.4 is 10.5 Å². The van der Waals surface area contributed by atoms with Crippen molar-refractivity contribution in [3.63, 3.8) is 0 Å². The number of benzene rings is 1. The second-order valence-electron chi connectivity index (χ2n) is 12.5. The second-order valence-corrected chi connectivity index (χ2v) is 15.4. The number of aromatic nitrogens is 4. The van der Waals surface area contributed by atoms with E-state index in [-0.39, 0.29) is 43.1 Å². The number of imidazole rings is 1. The lowest BCUT2D eigenvalue weighted by atomic mass is 9.99. The summed E-state index contributed by atoms with van der Waals surface area (Å²) in [7, 11) is -2.77. The fraction of sp³-hybridized carbons (Fsp3) is 0.552. The van der Waals surface area contributed by atoms with Crippen LogP contribution in [0.4, 0.5) is 15.5 Å². The van der Waals surface area contributed by atoms with Gasteiger partial charge in [-0.3, -0.25) is 4.57 Å². The highest BCUT2D eigenvalue weighted by atomic mass is 32.2. The van der Waals surface area contributed by atoms with E-state index in [9.17, 15) is 14.2 Å². The van der Waals surface area contributed by atoms with Gasteiger partial charge in [0.25, 0.3) is 0 Å². The molecule has 0 aliphatic rings. The molecule has 0 aliphatic carbocycles. The Labute approximate surface area is 287 Å². The Hall–Kier alpha value is -3.71. The lowest BCUT2D eigenvalue weighted by molar-refractivity contribution is -0.308. The van der Waals surface area contributed by atoms with Gasteiger partial charge in [0.2, 0.25) is 19.5 Å². The van der Waals surface area contributed by atoms with Gasteiger partial charge in [0.15, 0.2) is 12.0 Å². The minimum absolute atomic E-state index is 0.0424. The summed E-state index contributed by atoms with van der Waals surface area (Å²) in [5.41, 5.74) is 6.35. The summed E-state index contributed by atoms with van der Waals surface area (Å²) in [5.74, 6) is 0.759. The van der Waals surface area contributed by atoms with Crippen LogP contribution in [0.15, 0.2) is 40.5 Å². The average molecular weight is 732 g/mol. The molecule has 18 nitrogen and oxygen atoms in total. The van der Waals surface area contributed by atoms with Crippen molar-refractivity contribution in [1.29, 1.82) is 0 Å². The van der Waals surface area contributed by atoms with E-state index in [1.807, 2.05) is 65.8 Å². The van der Waals surface area contributed by atoms with Crippen LogP contribution in [0.5, 0.6) is 5.75 Å². The third kappa shape index (κ3) is 14.7. The smallest absolute Gasteiger partial charge is 0.497 e. The standard InChI is InChI=1S/C29H42N5O13PS/c1-28(2,3)14-40-26(35)42-17-44-46-48(37,47-45-18-43-27(36)41-15-29(4,5)6)19-39-13-12-34-16-31-22-23(34)32-25(30)33-24(22)49-21-10-8-20(38-7)9-11-21/h8-11,16H,12-15,17-19H2,1-7H3,(H2,30,32,33). The molecule has 0 unspecified atom stereocenters. The molecular formula is C29H42N5O13PS. The normalized spacial score (nSPS) is 12.1. The van der Waals surface area contributed by atoms with Gasteiger partial charge in [-0.2, -0.15) is 14.8 Å². The molecule has 0 saturated carbocycles. The maximum atomic E-state index is 13.3. The monoisotopic (exact) mass is 731 g/mol. The van der Waals surface area contributed by atoms with Crippen molar-refractivity contribution >= 4 is 48.8 Å². The number of nitrogens with two attached hydrogens (primary N) is 1. The van der Waals surface area contributed by atoms with Crippen LogP contribution in [0.3, 0.4) is 0 Å². The van der Waals surface area contributed by atoms with E-state index in [1.165, 1.54) is 18.1 Å². The van der Waals surface area contributed by atoms with Crippen LogP contribution in [-0.2, 0) is 53.9 Å². The molecule has 0 saturated heterocycles. The molecule has 0 spiro atoms. The summed E-state index contributed by atoms with van der Waals surface area (Å²) >= 11 is 1.36. The van der Waals surface area contributed by atoms with Crippen molar-refractivity contribution in [3.8, 4) is 5.75 Å². The lowest BCUT2D eigenvalue weighted by Crippen LogP contribution is -2.20. The number of fused-ring (bicyclic) bond motifs is 1. The fourth-order valence-corrected chi connectivity index (χ4v) is 5.05. The summed E-state index contributed by atoms with van der Waals surface area (Å²) in [4.78, 5) is 47.0. The molecule has 2 aromatic heterocycles. The van der Waals surface area contributed by atoms with E-state index in [1.54, 1.807) is 11.7 Å². The van der Waals surface area contributed by atoms with Crippen molar-refractivity contribution in [2.24, 2.45) is 10.8 Å². The molecule has 0 bridgehead atoms. The van der Waals surface area contributed by atoms with Crippen molar-refractivity contribution < 1.29 is 61.7 Å². The van der Waals surface area contributed by atoms with E-state index in [4.69, 9.17) is 53.3 Å². The number of hydrogen-bond acceptors (Lipinski definition) is 18. The topological polar surface area (TPSA) is 213 Å². The first-order valence-corrected chi connectivity index (χ1v) is 17.3. The SMILES string of the molecule is COc1ccc(Sc2nc(N)nc3c2ncn3CCOCP(=O)(OOCOC(=O)OCC(C)(C)C)OOCOC(=O)OCC(C)(C)C)cc1. The number of anilines is 1. The van der Waals surface area contributed by atoms with Crippen LogP contribution in [0.25, 0.3) is 11.2 Å². The Bertz CT molecular complexity index is 1520. The number of rotatable bonds is 18. The average Bonchev–Trinajstić information content (AvgIpc) is 3.44. The molecule has 0 atom stereocenters. The van der Waals surface area contributed by atoms with E-state index in [0.29, 0.717) is 21.9 Å².